The van der Waals surface area contributed by atoms with Gasteiger partial charge in [-0.1, -0.05) is 36.8 Å². The van der Waals surface area contributed by atoms with E-state index in [2.05, 4.69) is 55.4 Å². The van der Waals surface area contributed by atoms with Crippen LogP contribution in [0.15, 0.2) is 24.3 Å². The van der Waals surface area contributed by atoms with Crippen molar-refractivity contribution in [1.82, 2.24) is 10.2 Å². The summed E-state index contributed by atoms with van der Waals surface area (Å²) in [5.41, 5.74) is 2.72. The molecule has 2 atom stereocenters. The summed E-state index contributed by atoms with van der Waals surface area (Å²) in [6.07, 6.45) is 2.32. The molecule has 20 heavy (non-hydrogen) atoms. The van der Waals surface area contributed by atoms with Gasteiger partial charge in [-0.05, 0) is 38.9 Å². The van der Waals surface area contributed by atoms with Gasteiger partial charge in [0.25, 0.3) is 0 Å². The van der Waals surface area contributed by atoms with Crippen molar-refractivity contribution in [3.63, 3.8) is 0 Å². The van der Waals surface area contributed by atoms with E-state index in [0.717, 1.165) is 32.7 Å². The second-order valence-corrected chi connectivity index (χ2v) is 5.88. The molecule has 1 aromatic rings. The van der Waals surface area contributed by atoms with Crippen molar-refractivity contribution < 1.29 is 4.74 Å². The van der Waals surface area contributed by atoms with Gasteiger partial charge in [-0.15, -0.1) is 0 Å². The maximum Gasteiger partial charge on any atom is 0.0622 e. The first kappa shape index (κ1) is 15.5. The molecule has 0 radical (unpaired) electrons. The Kier molecular flexibility index (Phi) is 6.02. The number of rotatable bonds is 7. The van der Waals surface area contributed by atoms with Crippen molar-refractivity contribution in [2.75, 3.05) is 33.4 Å². The molecule has 1 aliphatic heterocycles. The zero-order valence-corrected chi connectivity index (χ0v) is 13.1. The van der Waals surface area contributed by atoms with E-state index in [1.807, 2.05) is 0 Å². The molecule has 3 nitrogen and oxygen atoms in total. The van der Waals surface area contributed by atoms with Gasteiger partial charge in [-0.25, -0.2) is 0 Å². The molecular formula is C17H28N2O. The Hall–Kier alpha value is -0.900. The fourth-order valence-electron chi connectivity index (χ4n) is 2.80. The third kappa shape index (κ3) is 4.30. The van der Waals surface area contributed by atoms with Crippen LogP contribution < -0.4 is 5.32 Å². The standard InChI is InChI=1S/C17H28N2O/c1-4-9-18-17(15-7-5-6-14(2)11-15)12-19(3)16-8-10-20-13-16/h5-7,11,16-18H,4,8-10,12-13H2,1-3H3. The maximum absolute atomic E-state index is 5.50. The van der Waals surface area contributed by atoms with E-state index in [1.54, 1.807) is 0 Å². The molecule has 1 aromatic carbocycles. The monoisotopic (exact) mass is 276 g/mol. The van der Waals surface area contributed by atoms with Crippen molar-refractivity contribution in [3.05, 3.63) is 35.4 Å². The van der Waals surface area contributed by atoms with Crippen LogP contribution in [-0.4, -0.2) is 44.3 Å². The Morgan fingerprint density at radius 3 is 2.95 bits per heavy atom. The van der Waals surface area contributed by atoms with E-state index >= 15 is 0 Å². The average Bonchev–Trinajstić information content (AvgIpc) is 2.97. The van der Waals surface area contributed by atoms with E-state index in [4.69, 9.17) is 4.74 Å². The fourth-order valence-corrected chi connectivity index (χ4v) is 2.80. The fraction of sp³-hybridized carbons (Fsp3) is 0.647. The summed E-state index contributed by atoms with van der Waals surface area (Å²) in [6, 6.07) is 9.83. The van der Waals surface area contributed by atoms with Crippen LogP contribution in [0.5, 0.6) is 0 Å². The normalized spacial score (nSPS) is 20.5. The highest BCUT2D eigenvalue weighted by molar-refractivity contribution is 5.25. The predicted octanol–water partition coefficient (Wildman–Crippen LogP) is 2.76. The minimum atomic E-state index is 0.403. The summed E-state index contributed by atoms with van der Waals surface area (Å²) < 4.78 is 5.50. The molecule has 0 saturated carbocycles. The summed E-state index contributed by atoms with van der Waals surface area (Å²) in [5.74, 6) is 0. The summed E-state index contributed by atoms with van der Waals surface area (Å²) in [5, 5.41) is 3.68. The topological polar surface area (TPSA) is 24.5 Å². The van der Waals surface area contributed by atoms with Crippen LogP contribution >= 0.6 is 0 Å². The quantitative estimate of drug-likeness (QED) is 0.829. The summed E-state index contributed by atoms with van der Waals surface area (Å²) in [4.78, 5) is 2.45. The van der Waals surface area contributed by atoms with E-state index in [-0.39, 0.29) is 0 Å². The van der Waals surface area contributed by atoms with Crippen LogP contribution in [0.25, 0.3) is 0 Å². The van der Waals surface area contributed by atoms with Crippen LogP contribution in [0.3, 0.4) is 0 Å². The van der Waals surface area contributed by atoms with Crippen molar-refractivity contribution in [3.8, 4) is 0 Å². The number of aryl methyl sites for hydroxylation is 1. The highest BCUT2D eigenvalue weighted by atomic mass is 16.5. The van der Waals surface area contributed by atoms with Crippen LogP contribution in [0.2, 0.25) is 0 Å². The Bertz CT molecular complexity index is 402. The second-order valence-electron chi connectivity index (χ2n) is 5.88. The summed E-state index contributed by atoms with van der Waals surface area (Å²) >= 11 is 0. The van der Waals surface area contributed by atoms with Crippen molar-refractivity contribution in [1.29, 1.82) is 0 Å². The molecule has 1 N–H and O–H groups in total. The van der Waals surface area contributed by atoms with Gasteiger partial charge in [0, 0.05) is 25.2 Å². The first-order valence-corrected chi connectivity index (χ1v) is 7.78. The van der Waals surface area contributed by atoms with Crippen LogP contribution in [0.4, 0.5) is 0 Å². The van der Waals surface area contributed by atoms with Crippen LogP contribution in [-0.2, 0) is 4.74 Å². The number of ether oxygens (including phenoxy) is 1. The summed E-state index contributed by atoms with van der Waals surface area (Å²) in [6.45, 7) is 8.27. The molecule has 1 fully saturated rings. The third-order valence-corrected chi connectivity index (χ3v) is 4.08. The smallest absolute Gasteiger partial charge is 0.0622 e. The Labute approximate surface area is 123 Å². The lowest BCUT2D eigenvalue weighted by atomic mass is 10.0. The molecule has 0 aromatic heterocycles. The maximum atomic E-state index is 5.50. The Balaban J connectivity index is 2.02. The lowest BCUT2D eigenvalue weighted by Gasteiger charge is -2.29. The lowest BCUT2D eigenvalue weighted by molar-refractivity contribution is 0.153. The molecule has 0 bridgehead atoms. The van der Waals surface area contributed by atoms with Gasteiger partial charge in [0.15, 0.2) is 0 Å². The van der Waals surface area contributed by atoms with Gasteiger partial charge in [0.1, 0.15) is 0 Å². The van der Waals surface area contributed by atoms with Gasteiger partial charge in [0.05, 0.1) is 6.61 Å². The molecule has 0 aliphatic carbocycles. The third-order valence-electron chi connectivity index (χ3n) is 4.08. The van der Waals surface area contributed by atoms with Gasteiger partial charge < -0.3 is 10.1 Å². The lowest BCUT2D eigenvalue weighted by Crippen LogP contribution is -2.39. The van der Waals surface area contributed by atoms with E-state index in [9.17, 15) is 0 Å². The minimum absolute atomic E-state index is 0.403. The zero-order chi connectivity index (χ0) is 14.4. The largest absolute Gasteiger partial charge is 0.380 e. The van der Waals surface area contributed by atoms with E-state index in [0.29, 0.717) is 12.1 Å². The van der Waals surface area contributed by atoms with E-state index < -0.39 is 0 Å². The van der Waals surface area contributed by atoms with Gasteiger partial charge in [0.2, 0.25) is 0 Å². The van der Waals surface area contributed by atoms with Crippen molar-refractivity contribution >= 4 is 0 Å². The molecule has 1 aliphatic rings. The van der Waals surface area contributed by atoms with Gasteiger partial charge in [-0.2, -0.15) is 0 Å². The number of hydrogen-bond donors (Lipinski definition) is 1. The number of nitrogens with zero attached hydrogens (tertiary/aromatic N) is 1. The van der Waals surface area contributed by atoms with Crippen LogP contribution in [0, 0.1) is 6.92 Å². The van der Waals surface area contributed by atoms with Gasteiger partial charge in [-0.3, -0.25) is 4.90 Å². The zero-order valence-electron chi connectivity index (χ0n) is 13.1. The molecular weight excluding hydrogens is 248 g/mol. The molecule has 3 heteroatoms. The first-order valence-electron chi connectivity index (χ1n) is 7.78. The van der Waals surface area contributed by atoms with Crippen LogP contribution in [0.1, 0.15) is 36.9 Å². The molecule has 1 heterocycles. The van der Waals surface area contributed by atoms with E-state index in [1.165, 1.54) is 17.5 Å². The molecule has 1 saturated heterocycles. The average molecular weight is 276 g/mol. The molecule has 112 valence electrons. The highest BCUT2D eigenvalue weighted by Crippen LogP contribution is 2.19. The highest BCUT2D eigenvalue weighted by Gasteiger charge is 2.23. The molecule has 0 spiro atoms. The van der Waals surface area contributed by atoms with Gasteiger partial charge >= 0.3 is 0 Å². The Morgan fingerprint density at radius 1 is 1.45 bits per heavy atom. The van der Waals surface area contributed by atoms with Crippen molar-refractivity contribution in [2.24, 2.45) is 0 Å². The number of hydrogen-bond acceptors (Lipinski definition) is 3. The minimum Gasteiger partial charge on any atom is -0.380 e. The number of nitrogens with one attached hydrogen (secondary N) is 1. The first-order chi connectivity index (χ1) is 9.70. The molecule has 2 unspecified atom stereocenters. The number of benzene rings is 1. The Morgan fingerprint density at radius 2 is 2.30 bits per heavy atom. The summed E-state index contributed by atoms with van der Waals surface area (Å²) in [7, 11) is 2.22. The second kappa shape index (κ2) is 7.77. The predicted molar refractivity (Wildman–Crippen MR) is 84.1 cm³/mol. The molecule has 2 rings (SSSR count). The SMILES string of the molecule is CCCNC(CN(C)C1CCOC1)c1cccc(C)c1. The number of likely N-dealkylation sites (N-methyl/N-ethyl adjacent to an activating group) is 1. The molecule has 0 amide bonds. The van der Waals surface area contributed by atoms with Crippen molar-refractivity contribution in [2.45, 2.75) is 38.8 Å².